The summed E-state index contributed by atoms with van der Waals surface area (Å²) in [6.07, 6.45) is 7.23. The lowest BCUT2D eigenvalue weighted by molar-refractivity contribution is -0.132. The van der Waals surface area contributed by atoms with Crippen LogP contribution in [0.3, 0.4) is 0 Å². The average Bonchev–Trinajstić information content (AvgIpc) is 3.27. The Morgan fingerprint density at radius 3 is 2.76 bits per heavy atom. The molecule has 1 aromatic carbocycles. The standard InChI is InChI=1S/C19H26N4O2/c1-22-14-20-21-19(22)17-7-5-13-23(17)18(24)8-4-3-6-15-9-11-16(25-2)12-10-15/h9-12,14,17H,3-8,13H2,1-2H3/t17-/m0/s1. The molecule has 1 aromatic heterocycles. The van der Waals surface area contributed by atoms with Gasteiger partial charge in [0, 0.05) is 20.0 Å². The lowest BCUT2D eigenvalue weighted by Crippen LogP contribution is -2.31. The van der Waals surface area contributed by atoms with Gasteiger partial charge in [0.05, 0.1) is 13.2 Å². The molecule has 0 unspecified atom stereocenters. The molecular formula is C19H26N4O2. The molecule has 6 heteroatoms. The van der Waals surface area contributed by atoms with E-state index in [4.69, 9.17) is 4.74 Å². The Balaban J connectivity index is 1.46. The lowest BCUT2D eigenvalue weighted by atomic mass is 10.1. The van der Waals surface area contributed by atoms with Crippen molar-refractivity contribution in [3.8, 4) is 5.75 Å². The Labute approximate surface area is 148 Å². The molecule has 2 aromatic rings. The summed E-state index contributed by atoms with van der Waals surface area (Å²) in [5.41, 5.74) is 1.28. The quantitative estimate of drug-likeness (QED) is 0.726. The Morgan fingerprint density at radius 2 is 2.08 bits per heavy atom. The van der Waals surface area contributed by atoms with Gasteiger partial charge in [0.15, 0.2) is 5.82 Å². The van der Waals surface area contributed by atoms with Crippen LogP contribution in [0.25, 0.3) is 0 Å². The first-order chi connectivity index (χ1) is 12.2. The minimum absolute atomic E-state index is 0.0848. The number of unbranched alkanes of at least 4 members (excludes halogenated alkanes) is 1. The molecule has 1 saturated heterocycles. The number of benzene rings is 1. The summed E-state index contributed by atoms with van der Waals surface area (Å²) in [5, 5.41) is 8.14. The smallest absolute Gasteiger partial charge is 0.223 e. The molecule has 0 radical (unpaired) electrons. The van der Waals surface area contributed by atoms with E-state index in [1.165, 1.54) is 5.56 Å². The molecule has 0 aliphatic carbocycles. The second-order valence-electron chi connectivity index (χ2n) is 6.60. The molecule has 0 saturated carbocycles. The molecule has 0 bridgehead atoms. The number of hydrogen-bond acceptors (Lipinski definition) is 4. The van der Waals surface area contributed by atoms with Gasteiger partial charge in [-0.25, -0.2) is 0 Å². The van der Waals surface area contributed by atoms with E-state index < -0.39 is 0 Å². The molecule has 0 spiro atoms. The molecule has 0 N–H and O–H groups in total. The third-order valence-electron chi connectivity index (χ3n) is 4.88. The Kier molecular flexibility index (Phi) is 5.68. The summed E-state index contributed by atoms with van der Waals surface area (Å²) in [6.45, 7) is 0.828. The number of nitrogens with zero attached hydrogens (tertiary/aromatic N) is 4. The van der Waals surface area contributed by atoms with Crippen molar-refractivity contribution in [2.24, 2.45) is 7.05 Å². The molecule has 1 atom stereocenters. The van der Waals surface area contributed by atoms with E-state index in [1.54, 1.807) is 13.4 Å². The number of aryl methyl sites for hydroxylation is 2. The number of hydrogen-bond donors (Lipinski definition) is 0. The van der Waals surface area contributed by atoms with Crippen molar-refractivity contribution >= 4 is 5.91 Å². The zero-order chi connectivity index (χ0) is 17.6. The molecule has 25 heavy (non-hydrogen) atoms. The number of methoxy groups -OCH3 is 1. The number of aromatic nitrogens is 3. The summed E-state index contributed by atoms with van der Waals surface area (Å²) in [4.78, 5) is 14.6. The first-order valence-electron chi connectivity index (χ1n) is 8.95. The maximum atomic E-state index is 12.6. The van der Waals surface area contributed by atoms with Crippen LogP contribution in [-0.4, -0.2) is 39.2 Å². The van der Waals surface area contributed by atoms with E-state index in [1.807, 2.05) is 28.6 Å². The van der Waals surface area contributed by atoms with E-state index in [0.717, 1.165) is 50.2 Å². The molecule has 134 valence electrons. The topological polar surface area (TPSA) is 60.2 Å². The van der Waals surface area contributed by atoms with E-state index in [0.29, 0.717) is 6.42 Å². The van der Waals surface area contributed by atoms with Crippen molar-refractivity contribution in [2.45, 2.75) is 44.6 Å². The number of ether oxygens (including phenoxy) is 1. The molecule has 1 amide bonds. The Hall–Kier alpha value is -2.37. The fourth-order valence-corrected chi connectivity index (χ4v) is 3.47. The number of carbonyl (C=O) groups is 1. The first-order valence-corrected chi connectivity index (χ1v) is 8.95. The number of likely N-dealkylation sites (tertiary alicyclic amines) is 1. The van der Waals surface area contributed by atoms with Crippen LogP contribution < -0.4 is 4.74 Å². The normalized spacial score (nSPS) is 17.0. The number of carbonyl (C=O) groups excluding carboxylic acids is 1. The van der Waals surface area contributed by atoms with E-state index in [9.17, 15) is 4.79 Å². The molecule has 1 fully saturated rings. The third-order valence-corrected chi connectivity index (χ3v) is 4.88. The maximum absolute atomic E-state index is 12.6. The Bertz CT molecular complexity index is 696. The number of amides is 1. The highest BCUT2D eigenvalue weighted by Crippen LogP contribution is 2.31. The summed E-state index contributed by atoms with van der Waals surface area (Å²) in [6, 6.07) is 8.23. The van der Waals surface area contributed by atoms with Crippen molar-refractivity contribution in [3.05, 3.63) is 42.0 Å². The third kappa shape index (κ3) is 4.18. The molecule has 2 heterocycles. The molecule has 1 aliphatic heterocycles. The van der Waals surface area contributed by atoms with E-state index in [2.05, 4.69) is 22.3 Å². The average molecular weight is 342 g/mol. The minimum Gasteiger partial charge on any atom is -0.497 e. The minimum atomic E-state index is 0.0848. The van der Waals surface area contributed by atoms with Crippen LogP contribution in [0.2, 0.25) is 0 Å². The highest BCUT2D eigenvalue weighted by atomic mass is 16.5. The second-order valence-corrected chi connectivity index (χ2v) is 6.60. The van der Waals surface area contributed by atoms with Crippen LogP contribution in [0.4, 0.5) is 0 Å². The van der Waals surface area contributed by atoms with Crippen molar-refractivity contribution in [1.82, 2.24) is 19.7 Å². The van der Waals surface area contributed by atoms with Crippen LogP contribution in [0.5, 0.6) is 5.75 Å². The summed E-state index contributed by atoms with van der Waals surface area (Å²) in [7, 11) is 3.61. The van der Waals surface area contributed by atoms with Crippen LogP contribution >= 0.6 is 0 Å². The SMILES string of the molecule is COc1ccc(CCCCC(=O)N2CCC[C@H]2c2nncn2C)cc1. The first kappa shape index (κ1) is 17.5. The zero-order valence-corrected chi connectivity index (χ0v) is 15.0. The lowest BCUT2D eigenvalue weighted by Gasteiger charge is -2.24. The van der Waals surface area contributed by atoms with Crippen molar-refractivity contribution in [3.63, 3.8) is 0 Å². The summed E-state index contributed by atoms with van der Waals surface area (Å²) in [5.74, 6) is 2.01. The van der Waals surface area contributed by atoms with Crippen LogP contribution in [0, 0.1) is 0 Å². The van der Waals surface area contributed by atoms with Gasteiger partial charge in [-0.05, 0) is 49.8 Å². The van der Waals surface area contributed by atoms with Gasteiger partial charge >= 0.3 is 0 Å². The second kappa shape index (κ2) is 8.14. The van der Waals surface area contributed by atoms with Gasteiger partial charge in [0.25, 0.3) is 0 Å². The van der Waals surface area contributed by atoms with Gasteiger partial charge in [0.2, 0.25) is 5.91 Å². The van der Waals surface area contributed by atoms with Gasteiger partial charge < -0.3 is 14.2 Å². The van der Waals surface area contributed by atoms with Gasteiger partial charge in [-0.1, -0.05) is 12.1 Å². The monoisotopic (exact) mass is 342 g/mol. The van der Waals surface area contributed by atoms with Crippen LogP contribution in [0.15, 0.2) is 30.6 Å². The Morgan fingerprint density at radius 1 is 1.28 bits per heavy atom. The van der Waals surface area contributed by atoms with Crippen molar-refractivity contribution in [1.29, 1.82) is 0 Å². The fourth-order valence-electron chi connectivity index (χ4n) is 3.47. The van der Waals surface area contributed by atoms with Gasteiger partial charge in [-0.15, -0.1) is 10.2 Å². The molecule has 6 nitrogen and oxygen atoms in total. The molecular weight excluding hydrogens is 316 g/mol. The molecule has 1 aliphatic rings. The number of rotatable bonds is 7. The molecule has 3 rings (SSSR count). The largest absolute Gasteiger partial charge is 0.497 e. The fraction of sp³-hybridized carbons (Fsp3) is 0.526. The summed E-state index contributed by atoms with van der Waals surface area (Å²) >= 11 is 0. The van der Waals surface area contributed by atoms with Crippen LogP contribution in [-0.2, 0) is 18.3 Å². The van der Waals surface area contributed by atoms with Crippen LogP contribution in [0.1, 0.15) is 49.5 Å². The van der Waals surface area contributed by atoms with Crippen molar-refractivity contribution < 1.29 is 9.53 Å². The maximum Gasteiger partial charge on any atom is 0.223 e. The van der Waals surface area contributed by atoms with Gasteiger partial charge in [-0.3, -0.25) is 4.79 Å². The van der Waals surface area contributed by atoms with Gasteiger partial charge in [0.1, 0.15) is 12.1 Å². The zero-order valence-electron chi connectivity index (χ0n) is 15.0. The summed E-state index contributed by atoms with van der Waals surface area (Å²) < 4.78 is 7.09. The van der Waals surface area contributed by atoms with E-state index >= 15 is 0 Å². The predicted molar refractivity (Wildman–Crippen MR) is 95.2 cm³/mol. The highest BCUT2D eigenvalue weighted by Gasteiger charge is 2.32. The highest BCUT2D eigenvalue weighted by molar-refractivity contribution is 5.76. The van der Waals surface area contributed by atoms with E-state index in [-0.39, 0.29) is 11.9 Å². The van der Waals surface area contributed by atoms with Crippen molar-refractivity contribution in [2.75, 3.05) is 13.7 Å². The van der Waals surface area contributed by atoms with Gasteiger partial charge in [-0.2, -0.15) is 0 Å². The predicted octanol–water partition coefficient (Wildman–Crippen LogP) is 2.90.